The summed E-state index contributed by atoms with van der Waals surface area (Å²) in [5.74, 6) is 0.252. The van der Waals surface area contributed by atoms with Gasteiger partial charge in [0, 0.05) is 49.2 Å². The van der Waals surface area contributed by atoms with Crippen molar-refractivity contribution < 1.29 is 4.79 Å². The van der Waals surface area contributed by atoms with Crippen LogP contribution in [0.4, 0.5) is 0 Å². The minimum Gasteiger partial charge on any atom is -0.346 e. The van der Waals surface area contributed by atoms with Crippen LogP contribution in [0.5, 0.6) is 0 Å². The van der Waals surface area contributed by atoms with Gasteiger partial charge in [0.05, 0.1) is 6.54 Å². The summed E-state index contributed by atoms with van der Waals surface area (Å²) in [6.45, 7) is 12.9. The molecule has 0 aromatic carbocycles. The van der Waals surface area contributed by atoms with Crippen molar-refractivity contribution in [2.75, 3.05) is 32.7 Å². The van der Waals surface area contributed by atoms with Crippen molar-refractivity contribution in [3.05, 3.63) is 23.0 Å². The van der Waals surface area contributed by atoms with E-state index in [0.717, 1.165) is 37.4 Å². The first-order valence-electron chi connectivity index (χ1n) is 7.15. The third-order valence-electron chi connectivity index (χ3n) is 3.88. The number of hydrogen-bond donors (Lipinski definition) is 1. The Morgan fingerprint density at radius 3 is 2.47 bits per heavy atom. The SMILES string of the molecule is Cc1cc(C(=O)CN2CCNCC2)c(C)n1C(C)C. The number of carbonyl (C=O) groups is 1. The number of nitrogens with one attached hydrogen (secondary N) is 1. The second kappa shape index (κ2) is 5.88. The number of hydrogen-bond acceptors (Lipinski definition) is 3. The van der Waals surface area contributed by atoms with Gasteiger partial charge in [0.25, 0.3) is 0 Å². The highest BCUT2D eigenvalue weighted by atomic mass is 16.1. The highest BCUT2D eigenvalue weighted by molar-refractivity contribution is 5.99. The van der Waals surface area contributed by atoms with Crippen LogP contribution in [0.3, 0.4) is 0 Å². The molecule has 1 fully saturated rings. The molecule has 4 nitrogen and oxygen atoms in total. The van der Waals surface area contributed by atoms with Crippen molar-refractivity contribution in [2.24, 2.45) is 0 Å². The van der Waals surface area contributed by atoms with E-state index in [-0.39, 0.29) is 5.78 Å². The van der Waals surface area contributed by atoms with E-state index in [1.807, 2.05) is 6.07 Å². The molecule has 1 aliphatic rings. The first-order chi connectivity index (χ1) is 9.00. The van der Waals surface area contributed by atoms with Crippen LogP contribution in [-0.4, -0.2) is 48.0 Å². The van der Waals surface area contributed by atoms with Crippen molar-refractivity contribution >= 4 is 5.78 Å². The van der Waals surface area contributed by atoms with E-state index in [2.05, 4.69) is 42.5 Å². The van der Waals surface area contributed by atoms with Crippen molar-refractivity contribution in [3.63, 3.8) is 0 Å². The van der Waals surface area contributed by atoms with E-state index in [0.29, 0.717) is 12.6 Å². The molecule has 0 unspecified atom stereocenters. The number of nitrogens with zero attached hydrogens (tertiary/aromatic N) is 2. The zero-order chi connectivity index (χ0) is 14.0. The van der Waals surface area contributed by atoms with Gasteiger partial charge in [0.1, 0.15) is 0 Å². The molecule has 2 rings (SSSR count). The van der Waals surface area contributed by atoms with Gasteiger partial charge in [-0.15, -0.1) is 0 Å². The molecule has 1 aliphatic heterocycles. The zero-order valence-corrected chi connectivity index (χ0v) is 12.5. The lowest BCUT2D eigenvalue weighted by Crippen LogP contribution is -2.45. The van der Waals surface area contributed by atoms with Crippen LogP contribution in [0, 0.1) is 13.8 Å². The summed E-state index contributed by atoms with van der Waals surface area (Å²) in [5.41, 5.74) is 3.17. The second-order valence-electron chi connectivity index (χ2n) is 5.70. The molecule has 1 saturated heterocycles. The average molecular weight is 263 g/mol. The summed E-state index contributed by atoms with van der Waals surface area (Å²) < 4.78 is 2.24. The molecule has 19 heavy (non-hydrogen) atoms. The minimum atomic E-state index is 0.252. The Kier molecular flexibility index (Phi) is 4.42. The van der Waals surface area contributed by atoms with Crippen LogP contribution in [0.2, 0.25) is 0 Å². The summed E-state index contributed by atoms with van der Waals surface area (Å²) in [7, 11) is 0. The third-order valence-corrected chi connectivity index (χ3v) is 3.88. The lowest BCUT2D eigenvalue weighted by Gasteiger charge is -2.26. The molecule has 0 aliphatic carbocycles. The first kappa shape index (κ1) is 14.3. The number of piperazine rings is 1. The Morgan fingerprint density at radius 2 is 1.95 bits per heavy atom. The van der Waals surface area contributed by atoms with Gasteiger partial charge in [-0.1, -0.05) is 0 Å². The van der Waals surface area contributed by atoms with Crippen LogP contribution < -0.4 is 5.32 Å². The quantitative estimate of drug-likeness (QED) is 0.841. The summed E-state index contributed by atoms with van der Waals surface area (Å²) in [6.07, 6.45) is 0. The second-order valence-corrected chi connectivity index (χ2v) is 5.70. The molecule has 0 atom stereocenters. The van der Waals surface area contributed by atoms with E-state index in [1.54, 1.807) is 0 Å². The fourth-order valence-corrected chi connectivity index (χ4v) is 3.01. The molecular formula is C15H25N3O. The molecule has 0 saturated carbocycles. The Bertz CT molecular complexity index is 456. The number of Topliss-reactive ketones (excluding diaryl/α,β-unsaturated/α-hetero) is 1. The molecule has 0 radical (unpaired) electrons. The molecule has 4 heteroatoms. The van der Waals surface area contributed by atoms with E-state index < -0.39 is 0 Å². The lowest BCUT2D eigenvalue weighted by atomic mass is 10.1. The number of ketones is 1. The summed E-state index contributed by atoms with van der Waals surface area (Å²) >= 11 is 0. The van der Waals surface area contributed by atoms with Gasteiger partial charge in [-0.05, 0) is 33.8 Å². The van der Waals surface area contributed by atoms with Crippen LogP contribution >= 0.6 is 0 Å². The predicted octanol–water partition coefficient (Wildman–Crippen LogP) is 1.77. The number of aromatic nitrogens is 1. The summed E-state index contributed by atoms with van der Waals surface area (Å²) in [4.78, 5) is 14.7. The monoisotopic (exact) mass is 263 g/mol. The van der Waals surface area contributed by atoms with Crippen LogP contribution in [0.15, 0.2) is 6.07 Å². The molecule has 1 aromatic rings. The Labute approximate surface area is 115 Å². The zero-order valence-electron chi connectivity index (χ0n) is 12.5. The van der Waals surface area contributed by atoms with Gasteiger partial charge in [-0.2, -0.15) is 0 Å². The number of carbonyl (C=O) groups excluding carboxylic acids is 1. The smallest absolute Gasteiger partial charge is 0.178 e. The number of aryl methyl sites for hydroxylation is 1. The van der Waals surface area contributed by atoms with Gasteiger partial charge in [0.15, 0.2) is 5.78 Å². The predicted molar refractivity (Wildman–Crippen MR) is 77.9 cm³/mol. The highest BCUT2D eigenvalue weighted by Gasteiger charge is 2.20. The number of rotatable bonds is 4. The largest absolute Gasteiger partial charge is 0.346 e. The van der Waals surface area contributed by atoms with Crippen LogP contribution in [0.25, 0.3) is 0 Å². The maximum Gasteiger partial charge on any atom is 0.178 e. The molecule has 0 spiro atoms. The van der Waals surface area contributed by atoms with Crippen LogP contribution in [-0.2, 0) is 0 Å². The highest BCUT2D eigenvalue weighted by Crippen LogP contribution is 2.20. The standard InChI is InChI=1S/C15H25N3O/c1-11(2)18-12(3)9-14(13(18)4)15(19)10-17-7-5-16-6-8-17/h9,11,16H,5-8,10H2,1-4H3. The van der Waals surface area contributed by atoms with Gasteiger partial charge in [0.2, 0.25) is 0 Å². The molecule has 0 amide bonds. The van der Waals surface area contributed by atoms with Crippen molar-refractivity contribution in [1.29, 1.82) is 0 Å². The Hall–Kier alpha value is -1.13. The summed E-state index contributed by atoms with van der Waals surface area (Å²) in [5, 5.41) is 3.31. The fraction of sp³-hybridized carbons (Fsp3) is 0.667. The van der Waals surface area contributed by atoms with Crippen molar-refractivity contribution in [1.82, 2.24) is 14.8 Å². The van der Waals surface area contributed by atoms with E-state index >= 15 is 0 Å². The molecular weight excluding hydrogens is 238 g/mol. The normalized spacial score (nSPS) is 17.1. The van der Waals surface area contributed by atoms with Gasteiger partial charge in [-0.3, -0.25) is 9.69 Å². The third kappa shape index (κ3) is 3.07. The van der Waals surface area contributed by atoms with Gasteiger partial charge in [-0.25, -0.2) is 0 Å². The van der Waals surface area contributed by atoms with Gasteiger partial charge >= 0.3 is 0 Å². The molecule has 1 N–H and O–H groups in total. The maximum absolute atomic E-state index is 12.4. The molecule has 2 heterocycles. The first-order valence-corrected chi connectivity index (χ1v) is 7.15. The Morgan fingerprint density at radius 1 is 1.32 bits per heavy atom. The maximum atomic E-state index is 12.4. The molecule has 0 bridgehead atoms. The minimum absolute atomic E-state index is 0.252. The van der Waals surface area contributed by atoms with Crippen molar-refractivity contribution in [3.8, 4) is 0 Å². The van der Waals surface area contributed by atoms with E-state index in [1.165, 1.54) is 5.69 Å². The van der Waals surface area contributed by atoms with E-state index in [4.69, 9.17) is 0 Å². The molecule has 1 aromatic heterocycles. The Balaban J connectivity index is 2.12. The van der Waals surface area contributed by atoms with Crippen LogP contribution in [0.1, 0.15) is 41.6 Å². The molecule has 106 valence electrons. The topological polar surface area (TPSA) is 37.3 Å². The average Bonchev–Trinajstić information content (AvgIpc) is 2.66. The fourth-order valence-electron chi connectivity index (χ4n) is 3.01. The summed E-state index contributed by atoms with van der Waals surface area (Å²) in [6, 6.07) is 2.44. The van der Waals surface area contributed by atoms with Crippen molar-refractivity contribution in [2.45, 2.75) is 33.7 Å². The van der Waals surface area contributed by atoms with Gasteiger partial charge < -0.3 is 9.88 Å². The van der Waals surface area contributed by atoms with E-state index in [9.17, 15) is 4.79 Å². The lowest BCUT2D eigenvalue weighted by molar-refractivity contribution is 0.0920.